The molecule has 2 rings (SSSR count). The summed E-state index contributed by atoms with van der Waals surface area (Å²) in [6.07, 6.45) is 3.05. The van der Waals surface area contributed by atoms with Gasteiger partial charge in [0.05, 0.1) is 10.6 Å². The van der Waals surface area contributed by atoms with Gasteiger partial charge in [0.25, 0.3) is 0 Å². The average Bonchev–Trinajstić information content (AvgIpc) is 2.93. The van der Waals surface area contributed by atoms with Crippen molar-refractivity contribution in [3.8, 4) is 0 Å². The third-order valence-electron chi connectivity index (χ3n) is 4.01. The molecule has 0 aliphatic carbocycles. The molecule has 1 saturated heterocycles. The van der Waals surface area contributed by atoms with Gasteiger partial charge in [0.2, 0.25) is 0 Å². The van der Waals surface area contributed by atoms with Crippen LogP contribution < -0.4 is 10.2 Å². The van der Waals surface area contributed by atoms with Crippen LogP contribution in [0.4, 0.5) is 5.69 Å². The lowest BCUT2D eigenvalue weighted by atomic mass is 10.2. The van der Waals surface area contributed by atoms with E-state index in [-0.39, 0.29) is 5.75 Å². The minimum Gasteiger partial charge on any atom is -0.367 e. The van der Waals surface area contributed by atoms with Crippen LogP contribution in [0.25, 0.3) is 0 Å². The topological polar surface area (TPSA) is 49.4 Å². The summed E-state index contributed by atoms with van der Waals surface area (Å²) in [4.78, 5) is 2.83. The number of sulfone groups is 1. The maximum Gasteiger partial charge on any atom is 0.178 e. The minimum atomic E-state index is -3.11. The molecule has 1 fully saturated rings. The number of hydrogen-bond acceptors (Lipinski definition) is 4. The second-order valence-corrected chi connectivity index (χ2v) is 7.72. The Morgan fingerprint density at radius 3 is 2.57 bits per heavy atom. The molecule has 0 amide bonds. The lowest BCUT2D eigenvalue weighted by Crippen LogP contribution is -2.37. The second-order valence-electron chi connectivity index (χ2n) is 5.61. The van der Waals surface area contributed by atoms with E-state index in [1.165, 1.54) is 12.8 Å². The molecule has 1 aromatic rings. The van der Waals surface area contributed by atoms with Crippen molar-refractivity contribution in [1.82, 2.24) is 5.32 Å². The van der Waals surface area contributed by atoms with Crippen LogP contribution in [-0.2, 0) is 9.84 Å². The number of anilines is 1. The molecule has 1 heterocycles. The fraction of sp³-hybridized carbons (Fsp3) is 0.625. The minimum absolute atomic E-state index is 0.221. The Bertz CT molecular complexity index is 540. The van der Waals surface area contributed by atoms with Crippen LogP contribution in [0.3, 0.4) is 0 Å². The monoisotopic (exact) mass is 310 g/mol. The molecule has 1 atom stereocenters. The van der Waals surface area contributed by atoms with E-state index in [9.17, 15) is 8.42 Å². The van der Waals surface area contributed by atoms with E-state index in [2.05, 4.69) is 17.1 Å². The number of hydrogen-bond donors (Lipinski definition) is 1. The molecule has 1 aliphatic rings. The van der Waals surface area contributed by atoms with Crippen LogP contribution in [0.15, 0.2) is 29.2 Å². The lowest BCUT2D eigenvalue weighted by Gasteiger charge is -2.27. The molecule has 0 aromatic heterocycles. The summed E-state index contributed by atoms with van der Waals surface area (Å²) in [6, 6.07) is 7.92. The molecule has 5 heteroatoms. The Morgan fingerprint density at radius 1 is 1.24 bits per heavy atom. The van der Waals surface area contributed by atoms with Gasteiger partial charge in [-0.1, -0.05) is 13.8 Å². The van der Waals surface area contributed by atoms with Crippen LogP contribution in [0.1, 0.15) is 33.1 Å². The van der Waals surface area contributed by atoms with E-state index in [0.717, 1.165) is 25.3 Å². The molecule has 118 valence electrons. The molecule has 21 heavy (non-hydrogen) atoms. The molecule has 0 radical (unpaired) electrons. The number of rotatable bonds is 7. The highest BCUT2D eigenvalue weighted by molar-refractivity contribution is 7.91. The largest absolute Gasteiger partial charge is 0.367 e. The summed E-state index contributed by atoms with van der Waals surface area (Å²) in [5, 5.41) is 3.40. The number of nitrogens with zero attached hydrogens (tertiary/aromatic N) is 1. The van der Waals surface area contributed by atoms with Gasteiger partial charge in [-0.2, -0.15) is 0 Å². The zero-order valence-corrected chi connectivity index (χ0v) is 13.8. The van der Waals surface area contributed by atoms with Crippen molar-refractivity contribution in [2.75, 3.05) is 30.3 Å². The van der Waals surface area contributed by atoms with E-state index in [1.807, 2.05) is 19.1 Å². The van der Waals surface area contributed by atoms with Crippen molar-refractivity contribution in [2.24, 2.45) is 0 Å². The van der Waals surface area contributed by atoms with Gasteiger partial charge in [0.1, 0.15) is 0 Å². The highest BCUT2D eigenvalue weighted by Crippen LogP contribution is 2.26. The van der Waals surface area contributed by atoms with Gasteiger partial charge in [0.15, 0.2) is 9.84 Å². The predicted molar refractivity (Wildman–Crippen MR) is 87.7 cm³/mol. The van der Waals surface area contributed by atoms with E-state index in [0.29, 0.717) is 17.4 Å². The molecule has 0 saturated carbocycles. The van der Waals surface area contributed by atoms with Crippen molar-refractivity contribution in [1.29, 1.82) is 0 Å². The quantitative estimate of drug-likeness (QED) is 0.840. The first kappa shape index (κ1) is 16.3. The molecule has 4 nitrogen and oxygen atoms in total. The van der Waals surface area contributed by atoms with Crippen LogP contribution in [0.2, 0.25) is 0 Å². The molecule has 0 spiro atoms. The zero-order chi connectivity index (χ0) is 15.3. The predicted octanol–water partition coefficient (Wildman–Crippen LogP) is 2.45. The van der Waals surface area contributed by atoms with Crippen molar-refractivity contribution in [2.45, 2.75) is 44.0 Å². The maximum absolute atomic E-state index is 12.0. The Kier molecular flexibility index (Phi) is 5.65. The second kappa shape index (κ2) is 7.27. The SMILES string of the molecule is CCCS(=O)(=O)c1ccc(N2CCCC2CNCC)cc1. The van der Waals surface area contributed by atoms with Gasteiger partial charge in [-0.15, -0.1) is 0 Å². The standard InChI is InChI=1S/C16H26N2O2S/c1-3-12-21(19,20)16-9-7-14(8-10-16)18-11-5-6-15(18)13-17-4-2/h7-10,15,17H,3-6,11-13H2,1-2H3. The summed E-state index contributed by atoms with van der Waals surface area (Å²) < 4.78 is 24.1. The van der Waals surface area contributed by atoms with Crippen molar-refractivity contribution in [3.05, 3.63) is 24.3 Å². The maximum atomic E-state index is 12.0. The Balaban J connectivity index is 2.11. The van der Waals surface area contributed by atoms with Gasteiger partial charge in [0, 0.05) is 24.8 Å². The van der Waals surface area contributed by atoms with Gasteiger partial charge in [-0.25, -0.2) is 8.42 Å². The summed E-state index contributed by atoms with van der Waals surface area (Å²) in [5.41, 5.74) is 1.13. The molecule has 0 bridgehead atoms. The van der Waals surface area contributed by atoms with Crippen LogP contribution in [0.5, 0.6) is 0 Å². The zero-order valence-electron chi connectivity index (χ0n) is 13.0. The Hall–Kier alpha value is -1.07. The van der Waals surface area contributed by atoms with Gasteiger partial charge in [-0.3, -0.25) is 0 Å². The van der Waals surface area contributed by atoms with Crippen molar-refractivity contribution >= 4 is 15.5 Å². The third kappa shape index (κ3) is 3.98. The first-order valence-corrected chi connectivity index (χ1v) is 9.54. The van der Waals surface area contributed by atoms with Crippen LogP contribution in [0, 0.1) is 0 Å². The van der Waals surface area contributed by atoms with E-state index >= 15 is 0 Å². The number of nitrogens with one attached hydrogen (secondary N) is 1. The Morgan fingerprint density at radius 2 is 1.95 bits per heavy atom. The van der Waals surface area contributed by atoms with Gasteiger partial charge >= 0.3 is 0 Å². The highest BCUT2D eigenvalue weighted by Gasteiger charge is 2.24. The summed E-state index contributed by atoms with van der Waals surface area (Å²) in [5.74, 6) is 0.221. The van der Waals surface area contributed by atoms with E-state index < -0.39 is 9.84 Å². The van der Waals surface area contributed by atoms with E-state index in [4.69, 9.17) is 0 Å². The smallest absolute Gasteiger partial charge is 0.178 e. The fourth-order valence-corrected chi connectivity index (χ4v) is 4.25. The third-order valence-corrected chi connectivity index (χ3v) is 5.94. The number of likely N-dealkylation sites (N-methyl/N-ethyl adjacent to an activating group) is 1. The Labute approximate surface area is 128 Å². The van der Waals surface area contributed by atoms with Gasteiger partial charge < -0.3 is 10.2 Å². The summed E-state index contributed by atoms with van der Waals surface area (Å²) in [6.45, 7) is 7.04. The highest BCUT2D eigenvalue weighted by atomic mass is 32.2. The summed E-state index contributed by atoms with van der Waals surface area (Å²) in [7, 11) is -3.11. The van der Waals surface area contributed by atoms with Crippen molar-refractivity contribution < 1.29 is 8.42 Å². The lowest BCUT2D eigenvalue weighted by molar-refractivity contribution is 0.587. The van der Waals surface area contributed by atoms with Crippen LogP contribution in [-0.4, -0.2) is 39.8 Å². The summed E-state index contributed by atoms with van der Waals surface area (Å²) >= 11 is 0. The molecule has 1 aromatic carbocycles. The van der Waals surface area contributed by atoms with Gasteiger partial charge in [-0.05, 0) is 50.1 Å². The van der Waals surface area contributed by atoms with Crippen LogP contribution >= 0.6 is 0 Å². The number of benzene rings is 1. The fourth-order valence-electron chi connectivity index (χ4n) is 2.93. The molecule has 1 aliphatic heterocycles. The first-order valence-electron chi connectivity index (χ1n) is 7.88. The average molecular weight is 310 g/mol. The normalized spacial score (nSPS) is 19.1. The molecular formula is C16H26N2O2S. The molecular weight excluding hydrogens is 284 g/mol. The molecule has 1 N–H and O–H groups in total. The molecule has 1 unspecified atom stereocenters. The van der Waals surface area contributed by atoms with E-state index in [1.54, 1.807) is 12.1 Å². The van der Waals surface area contributed by atoms with Crippen molar-refractivity contribution in [3.63, 3.8) is 0 Å². The first-order chi connectivity index (χ1) is 10.1.